The van der Waals surface area contributed by atoms with Crippen LogP contribution in [0.2, 0.25) is 5.02 Å². The Morgan fingerprint density at radius 1 is 1.09 bits per heavy atom. The first-order valence-electron chi connectivity index (χ1n) is 7.97. The lowest BCUT2D eigenvalue weighted by molar-refractivity contribution is 0.104. The third kappa shape index (κ3) is 5.87. The molecular weight excluding hydrogens is 310 g/mol. The van der Waals surface area contributed by atoms with E-state index in [9.17, 15) is 5.11 Å². The second kappa shape index (κ2) is 8.92. The summed E-state index contributed by atoms with van der Waals surface area (Å²) >= 11 is 5.82. The zero-order valence-corrected chi connectivity index (χ0v) is 14.4. The Kier molecular flexibility index (Phi) is 6.90. The normalized spacial score (nSPS) is 13.6. The molecule has 2 aromatic carbocycles. The molecule has 0 heterocycles. The summed E-state index contributed by atoms with van der Waals surface area (Å²) in [5.74, 6) is 0.705. The predicted octanol–water partition coefficient (Wildman–Crippen LogP) is 3.99. The van der Waals surface area contributed by atoms with Gasteiger partial charge in [0.2, 0.25) is 0 Å². The molecule has 0 aliphatic carbocycles. The van der Waals surface area contributed by atoms with Gasteiger partial charge in [-0.15, -0.1) is 0 Å². The Morgan fingerprint density at radius 2 is 1.74 bits per heavy atom. The van der Waals surface area contributed by atoms with Crippen LogP contribution in [0.5, 0.6) is 5.75 Å². The molecule has 2 N–H and O–H groups in total. The van der Waals surface area contributed by atoms with E-state index < -0.39 is 6.10 Å². The van der Waals surface area contributed by atoms with Gasteiger partial charge in [0, 0.05) is 17.6 Å². The molecule has 0 spiro atoms. The minimum absolute atomic E-state index is 0.186. The minimum Gasteiger partial charge on any atom is -0.491 e. The first-order valence-corrected chi connectivity index (χ1v) is 8.35. The maximum absolute atomic E-state index is 10.0. The van der Waals surface area contributed by atoms with Gasteiger partial charge in [-0.3, -0.25) is 0 Å². The standard InChI is InChI=1S/C19H24ClNO2/c1-3-15-4-6-16(7-5-15)14(2)21-12-18(22)13-23-19-10-8-17(20)9-11-19/h4-11,14,18,21-22H,3,12-13H2,1-2H3. The lowest BCUT2D eigenvalue weighted by Crippen LogP contribution is -2.33. The molecule has 0 aliphatic rings. The molecule has 0 bridgehead atoms. The molecule has 3 nitrogen and oxygen atoms in total. The molecular formula is C19H24ClNO2. The number of ether oxygens (including phenoxy) is 1. The Hall–Kier alpha value is -1.55. The summed E-state index contributed by atoms with van der Waals surface area (Å²) in [7, 11) is 0. The number of halogens is 1. The minimum atomic E-state index is -0.567. The fraction of sp³-hybridized carbons (Fsp3) is 0.368. The van der Waals surface area contributed by atoms with Gasteiger partial charge in [-0.1, -0.05) is 42.8 Å². The molecule has 0 radical (unpaired) electrons. The quantitative estimate of drug-likeness (QED) is 0.767. The van der Waals surface area contributed by atoms with E-state index >= 15 is 0 Å². The highest BCUT2D eigenvalue weighted by atomic mass is 35.5. The summed E-state index contributed by atoms with van der Waals surface area (Å²) in [6.07, 6.45) is 0.478. The SMILES string of the molecule is CCc1ccc(C(C)NCC(O)COc2ccc(Cl)cc2)cc1. The summed E-state index contributed by atoms with van der Waals surface area (Å²) in [6, 6.07) is 15.9. The zero-order chi connectivity index (χ0) is 16.7. The van der Waals surface area contributed by atoms with Gasteiger partial charge < -0.3 is 15.2 Å². The van der Waals surface area contributed by atoms with Crippen molar-refractivity contribution in [1.82, 2.24) is 5.32 Å². The van der Waals surface area contributed by atoms with E-state index in [4.69, 9.17) is 16.3 Å². The average molecular weight is 334 g/mol. The maximum atomic E-state index is 10.0. The van der Waals surface area contributed by atoms with Crippen LogP contribution < -0.4 is 10.1 Å². The van der Waals surface area contributed by atoms with Crippen LogP contribution in [0.4, 0.5) is 0 Å². The van der Waals surface area contributed by atoms with E-state index in [-0.39, 0.29) is 12.6 Å². The van der Waals surface area contributed by atoms with Gasteiger partial charge >= 0.3 is 0 Å². The van der Waals surface area contributed by atoms with Gasteiger partial charge in [-0.05, 0) is 48.7 Å². The third-order valence-corrected chi connectivity index (χ3v) is 4.06. The van der Waals surface area contributed by atoms with Crippen molar-refractivity contribution in [3.05, 3.63) is 64.7 Å². The molecule has 124 valence electrons. The van der Waals surface area contributed by atoms with Crippen molar-refractivity contribution in [2.45, 2.75) is 32.4 Å². The van der Waals surface area contributed by atoms with E-state index in [0.717, 1.165) is 6.42 Å². The maximum Gasteiger partial charge on any atom is 0.119 e. The van der Waals surface area contributed by atoms with Gasteiger partial charge in [0.25, 0.3) is 0 Å². The van der Waals surface area contributed by atoms with Crippen LogP contribution in [0.3, 0.4) is 0 Å². The van der Waals surface area contributed by atoms with Crippen molar-refractivity contribution >= 4 is 11.6 Å². The molecule has 0 aromatic heterocycles. The number of hydrogen-bond donors (Lipinski definition) is 2. The Labute approximate surface area is 143 Å². The largest absolute Gasteiger partial charge is 0.491 e. The average Bonchev–Trinajstić information content (AvgIpc) is 2.59. The topological polar surface area (TPSA) is 41.5 Å². The highest BCUT2D eigenvalue weighted by Crippen LogP contribution is 2.16. The number of aryl methyl sites for hydroxylation is 1. The van der Waals surface area contributed by atoms with Crippen LogP contribution in [-0.4, -0.2) is 24.4 Å². The van der Waals surface area contributed by atoms with Gasteiger partial charge in [0.1, 0.15) is 18.5 Å². The van der Waals surface area contributed by atoms with E-state index in [2.05, 4.69) is 43.4 Å². The first-order chi connectivity index (χ1) is 11.1. The van der Waals surface area contributed by atoms with E-state index in [1.165, 1.54) is 11.1 Å². The number of aliphatic hydroxyl groups excluding tert-OH is 1. The number of benzene rings is 2. The highest BCUT2D eigenvalue weighted by Gasteiger charge is 2.09. The van der Waals surface area contributed by atoms with Gasteiger partial charge in [0.15, 0.2) is 0 Å². The molecule has 23 heavy (non-hydrogen) atoms. The predicted molar refractivity (Wildman–Crippen MR) is 95.2 cm³/mol. The van der Waals surface area contributed by atoms with Gasteiger partial charge in [-0.2, -0.15) is 0 Å². The fourth-order valence-electron chi connectivity index (χ4n) is 2.25. The van der Waals surface area contributed by atoms with E-state index in [1.54, 1.807) is 24.3 Å². The molecule has 0 amide bonds. The number of rotatable bonds is 8. The lowest BCUT2D eigenvalue weighted by atomic mass is 10.0. The van der Waals surface area contributed by atoms with Crippen LogP contribution >= 0.6 is 11.6 Å². The Bertz CT molecular complexity index is 583. The molecule has 2 atom stereocenters. The van der Waals surface area contributed by atoms with E-state index in [1.807, 2.05) is 0 Å². The first kappa shape index (κ1) is 17.8. The summed E-state index contributed by atoms with van der Waals surface area (Å²) < 4.78 is 5.54. The summed E-state index contributed by atoms with van der Waals surface area (Å²) in [5, 5.41) is 14.0. The summed E-state index contributed by atoms with van der Waals surface area (Å²) in [4.78, 5) is 0. The smallest absolute Gasteiger partial charge is 0.119 e. The number of aliphatic hydroxyl groups is 1. The molecule has 2 unspecified atom stereocenters. The van der Waals surface area contributed by atoms with Crippen molar-refractivity contribution in [3.8, 4) is 5.75 Å². The molecule has 2 aromatic rings. The van der Waals surface area contributed by atoms with Gasteiger partial charge in [0.05, 0.1) is 0 Å². The second-order valence-corrected chi connectivity index (χ2v) is 6.08. The summed E-state index contributed by atoms with van der Waals surface area (Å²) in [5.41, 5.74) is 2.55. The molecule has 0 fully saturated rings. The zero-order valence-electron chi connectivity index (χ0n) is 13.6. The Balaban J connectivity index is 1.74. The van der Waals surface area contributed by atoms with Crippen molar-refractivity contribution in [2.75, 3.05) is 13.2 Å². The van der Waals surface area contributed by atoms with Crippen LogP contribution in [0, 0.1) is 0 Å². The molecule has 2 rings (SSSR count). The monoisotopic (exact) mass is 333 g/mol. The van der Waals surface area contributed by atoms with Crippen LogP contribution in [0.25, 0.3) is 0 Å². The van der Waals surface area contributed by atoms with Crippen molar-refractivity contribution in [2.24, 2.45) is 0 Å². The number of nitrogens with one attached hydrogen (secondary N) is 1. The van der Waals surface area contributed by atoms with Gasteiger partial charge in [-0.25, -0.2) is 0 Å². The highest BCUT2D eigenvalue weighted by molar-refractivity contribution is 6.30. The van der Waals surface area contributed by atoms with Crippen LogP contribution in [-0.2, 0) is 6.42 Å². The molecule has 0 aliphatic heterocycles. The molecule has 0 saturated heterocycles. The molecule has 0 saturated carbocycles. The number of hydrogen-bond acceptors (Lipinski definition) is 3. The van der Waals surface area contributed by atoms with Crippen molar-refractivity contribution < 1.29 is 9.84 Å². The molecule has 4 heteroatoms. The third-order valence-electron chi connectivity index (χ3n) is 3.80. The Morgan fingerprint density at radius 3 is 2.35 bits per heavy atom. The van der Waals surface area contributed by atoms with E-state index in [0.29, 0.717) is 17.3 Å². The lowest BCUT2D eigenvalue weighted by Gasteiger charge is -2.18. The van der Waals surface area contributed by atoms with Crippen LogP contribution in [0.15, 0.2) is 48.5 Å². The fourth-order valence-corrected chi connectivity index (χ4v) is 2.38. The summed E-state index contributed by atoms with van der Waals surface area (Å²) in [6.45, 7) is 4.96. The second-order valence-electron chi connectivity index (χ2n) is 5.64. The van der Waals surface area contributed by atoms with Crippen LogP contribution in [0.1, 0.15) is 31.0 Å². The van der Waals surface area contributed by atoms with Crippen molar-refractivity contribution in [3.63, 3.8) is 0 Å². The van der Waals surface area contributed by atoms with Crippen molar-refractivity contribution in [1.29, 1.82) is 0 Å².